The number of carbonyl (C=O) groups is 2. The molecule has 0 saturated carbocycles. The highest BCUT2D eigenvalue weighted by Gasteiger charge is 2.20. The minimum Gasteiger partial charge on any atom is -0.454 e. The average Bonchev–Trinajstić information content (AvgIpc) is 2.67. The maximum absolute atomic E-state index is 12.5. The van der Waals surface area contributed by atoms with Crippen LogP contribution >= 0.6 is 0 Å². The van der Waals surface area contributed by atoms with E-state index in [4.69, 9.17) is 4.74 Å². The van der Waals surface area contributed by atoms with Crippen molar-refractivity contribution in [1.29, 1.82) is 0 Å². The van der Waals surface area contributed by atoms with Crippen LogP contribution in [0.4, 0.5) is 8.78 Å². The fraction of sp³-hybridized carbons (Fsp3) is 0.263. The second-order valence-corrected chi connectivity index (χ2v) is 7.67. The molecule has 2 aromatic rings. The number of ketones is 1. The van der Waals surface area contributed by atoms with Crippen LogP contribution in [0.25, 0.3) is 0 Å². The van der Waals surface area contributed by atoms with Gasteiger partial charge in [0, 0.05) is 6.54 Å². The number of nitrogens with one attached hydrogen (secondary N) is 1. The lowest BCUT2D eigenvalue weighted by atomic mass is 10.1. The Kier molecular flexibility index (Phi) is 7.40. The summed E-state index contributed by atoms with van der Waals surface area (Å²) in [5.41, 5.74) is 0.397. The van der Waals surface area contributed by atoms with Gasteiger partial charge < -0.3 is 9.47 Å². The van der Waals surface area contributed by atoms with Crippen LogP contribution < -0.4 is 9.46 Å². The molecule has 0 aliphatic rings. The average molecular weight is 427 g/mol. The van der Waals surface area contributed by atoms with Crippen molar-refractivity contribution in [3.05, 3.63) is 59.2 Å². The smallest absolute Gasteiger partial charge is 0.387 e. The van der Waals surface area contributed by atoms with Gasteiger partial charge >= 0.3 is 12.6 Å². The fourth-order valence-electron chi connectivity index (χ4n) is 2.42. The molecule has 156 valence electrons. The Morgan fingerprint density at radius 2 is 1.86 bits per heavy atom. The van der Waals surface area contributed by atoms with Gasteiger partial charge in [-0.1, -0.05) is 24.6 Å². The van der Waals surface area contributed by atoms with Crippen molar-refractivity contribution < 1.29 is 36.3 Å². The summed E-state index contributed by atoms with van der Waals surface area (Å²) < 4.78 is 60.6. The molecule has 0 bridgehead atoms. The van der Waals surface area contributed by atoms with Crippen molar-refractivity contribution in [1.82, 2.24) is 4.72 Å². The zero-order valence-electron chi connectivity index (χ0n) is 15.6. The molecule has 0 unspecified atom stereocenters. The van der Waals surface area contributed by atoms with E-state index in [1.807, 2.05) is 0 Å². The highest BCUT2D eigenvalue weighted by Crippen LogP contribution is 2.23. The molecule has 7 nitrogen and oxygen atoms in total. The summed E-state index contributed by atoms with van der Waals surface area (Å²) in [7, 11) is -3.77. The molecular formula is C19H19F2NO6S. The molecule has 0 heterocycles. The molecule has 0 aliphatic heterocycles. The van der Waals surface area contributed by atoms with Crippen molar-refractivity contribution in [2.45, 2.75) is 25.4 Å². The summed E-state index contributed by atoms with van der Waals surface area (Å²) in [5, 5.41) is 0. The van der Waals surface area contributed by atoms with Crippen LogP contribution in [0.3, 0.4) is 0 Å². The molecule has 1 N–H and O–H groups in total. The number of aryl methyl sites for hydroxylation is 1. The van der Waals surface area contributed by atoms with Crippen LogP contribution in [-0.2, 0) is 14.8 Å². The van der Waals surface area contributed by atoms with E-state index < -0.39 is 35.0 Å². The van der Waals surface area contributed by atoms with Gasteiger partial charge in [0.1, 0.15) is 5.75 Å². The van der Waals surface area contributed by atoms with Gasteiger partial charge in [0.05, 0.1) is 16.0 Å². The molecule has 2 rings (SSSR count). The second-order valence-electron chi connectivity index (χ2n) is 5.91. The van der Waals surface area contributed by atoms with Crippen molar-refractivity contribution >= 4 is 21.8 Å². The quantitative estimate of drug-likeness (QED) is 0.488. The van der Waals surface area contributed by atoms with Crippen molar-refractivity contribution in [3.8, 4) is 5.75 Å². The minimum atomic E-state index is -3.77. The first-order valence-electron chi connectivity index (χ1n) is 8.49. The standard InChI is InChI=1S/C19H19F2NO6S/c1-3-22-29(25,26)14-6-4-5-13(10-14)18(24)27-11-16(23)15-9-12(2)7-8-17(15)28-19(20)21/h4-10,19,22H,3,11H2,1-2H3. The third-order valence-electron chi connectivity index (χ3n) is 3.70. The van der Waals surface area contributed by atoms with Gasteiger partial charge in [-0.05, 0) is 37.3 Å². The highest BCUT2D eigenvalue weighted by atomic mass is 32.2. The van der Waals surface area contributed by atoms with E-state index >= 15 is 0 Å². The molecule has 0 amide bonds. The van der Waals surface area contributed by atoms with Crippen LogP contribution in [0.5, 0.6) is 5.75 Å². The monoisotopic (exact) mass is 427 g/mol. The number of benzene rings is 2. The Balaban J connectivity index is 2.14. The fourth-order valence-corrected chi connectivity index (χ4v) is 3.50. The molecule has 29 heavy (non-hydrogen) atoms. The number of rotatable bonds is 9. The van der Waals surface area contributed by atoms with Gasteiger partial charge in [-0.2, -0.15) is 8.78 Å². The van der Waals surface area contributed by atoms with E-state index in [1.54, 1.807) is 13.8 Å². The Morgan fingerprint density at radius 1 is 1.14 bits per heavy atom. The summed E-state index contributed by atoms with van der Waals surface area (Å²) >= 11 is 0. The number of esters is 1. The predicted octanol–water partition coefficient (Wildman–Crippen LogP) is 2.93. The maximum atomic E-state index is 12.5. The molecule has 0 aliphatic carbocycles. The minimum absolute atomic E-state index is 0.0786. The van der Waals surface area contributed by atoms with E-state index in [1.165, 1.54) is 36.4 Å². The number of sulfonamides is 1. The molecule has 0 radical (unpaired) electrons. The van der Waals surface area contributed by atoms with Crippen LogP contribution in [-0.4, -0.2) is 39.9 Å². The summed E-state index contributed by atoms with van der Waals surface area (Å²) in [6, 6.07) is 9.18. The number of carbonyl (C=O) groups excluding carboxylic acids is 2. The summed E-state index contributed by atoms with van der Waals surface area (Å²) in [4.78, 5) is 24.4. The zero-order valence-corrected chi connectivity index (χ0v) is 16.5. The number of halogens is 2. The number of alkyl halides is 2. The molecule has 0 fully saturated rings. The SMILES string of the molecule is CCNS(=O)(=O)c1cccc(C(=O)OCC(=O)c2cc(C)ccc2OC(F)F)c1. The van der Waals surface area contributed by atoms with Crippen molar-refractivity contribution in [3.63, 3.8) is 0 Å². The number of ether oxygens (including phenoxy) is 2. The Hall–Kier alpha value is -2.85. The summed E-state index contributed by atoms with van der Waals surface area (Å²) in [6.45, 7) is -0.408. The molecule has 0 spiro atoms. The first kappa shape index (κ1) is 22.4. The Bertz CT molecular complexity index is 1010. The maximum Gasteiger partial charge on any atom is 0.387 e. The lowest BCUT2D eigenvalue weighted by Crippen LogP contribution is -2.23. The zero-order chi connectivity index (χ0) is 21.6. The lowest BCUT2D eigenvalue weighted by molar-refractivity contribution is -0.0502. The molecule has 2 aromatic carbocycles. The molecule has 0 saturated heterocycles. The Labute approximate surface area is 166 Å². The largest absolute Gasteiger partial charge is 0.454 e. The molecule has 10 heteroatoms. The molecular weight excluding hydrogens is 408 g/mol. The summed E-state index contributed by atoms with van der Waals surface area (Å²) in [6.07, 6.45) is 0. The Morgan fingerprint density at radius 3 is 2.52 bits per heavy atom. The van der Waals surface area contributed by atoms with Gasteiger partial charge in [-0.15, -0.1) is 0 Å². The number of hydrogen-bond acceptors (Lipinski definition) is 6. The van der Waals surface area contributed by atoms with E-state index in [-0.39, 0.29) is 28.3 Å². The lowest BCUT2D eigenvalue weighted by Gasteiger charge is -2.11. The van der Waals surface area contributed by atoms with Crippen molar-refractivity contribution in [2.24, 2.45) is 0 Å². The van der Waals surface area contributed by atoms with E-state index in [9.17, 15) is 26.8 Å². The third-order valence-corrected chi connectivity index (χ3v) is 5.24. The number of Topliss-reactive ketones (excluding diaryl/α,β-unsaturated/α-hetero) is 1. The van der Waals surface area contributed by atoms with Gasteiger partial charge in [0.25, 0.3) is 0 Å². The third kappa shape index (κ3) is 6.06. The van der Waals surface area contributed by atoms with Gasteiger partial charge in [-0.25, -0.2) is 17.9 Å². The van der Waals surface area contributed by atoms with E-state index in [0.29, 0.717) is 5.56 Å². The van der Waals surface area contributed by atoms with Crippen LogP contribution in [0.1, 0.15) is 33.2 Å². The first-order valence-corrected chi connectivity index (χ1v) is 9.98. The van der Waals surface area contributed by atoms with E-state index in [0.717, 1.165) is 6.07 Å². The topological polar surface area (TPSA) is 98.8 Å². The van der Waals surface area contributed by atoms with Gasteiger partial charge in [0.15, 0.2) is 6.61 Å². The summed E-state index contributed by atoms with van der Waals surface area (Å²) in [5.74, 6) is -2.00. The predicted molar refractivity (Wildman–Crippen MR) is 99.7 cm³/mol. The van der Waals surface area contributed by atoms with Gasteiger partial charge in [0.2, 0.25) is 15.8 Å². The van der Waals surface area contributed by atoms with Gasteiger partial charge in [-0.3, -0.25) is 4.79 Å². The van der Waals surface area contributed by atoms with Crippen LogP contribution in [0, 0.1) is 6.92 Å². The number of hydrogen-bond donors (Lipinski definition) is 1. The van der Waals surface area contributed by atoms with E-state index in [2.05, 4.69) is 9.46 Å². The first-order chi connectivity index (χ1) is 13.6. The van der Waals surface area contributed by atoms with Crippen LogP contribution in [0.15, 0.2) is 47.4 Å². The van der Waals surface area contributed by atoms with Crippen LogP contribution in [0.2, 0.25) is 0 Å². The highest BCUT2D eigenvalue weighted by molar-refractivity contribution is 7.89. The molecule has 0 atom stereocenters. The normalized spacial score (nSPS) is 11.3. The molecule has 0 aromatic heterocycles. The van der Waals surface area contributed by atoms with Crippen molar-refractivity contribution in [2.75, 3.05) is 13.2 Å². The second kappa shape index (κ2) is 9.57.